The van der Waals surface area contributed by atoms with Crippen molar-refractivity contribution < 1.29 is 38.5 Å². The van der Waals surface area contributed by atoms with Gasteiger partial charge in [0.05, 0.1) is 0 Å². The number of phosphoric acid groups is 2. The molecule has 0 aliphatic heterocycles. The molecule has 0 radical (unpaired) electrons. The van der Waals surface area contributed by atoms with Crippen LogP contribution in [0.25, 0.3) is 0 Å². The molecule has 6 N–H and O–H groups in total. The SMILES string of the molecule is O=P(O)(O)O.O=P(O)(O)O.[CaH2].[CaH2].[CaH2].[CaH2].[CaH2]. The molecule has 0 heterocycles. The fourth-order valence-electron chi connectivity index (χ4n) is 0. The molecule has 0 unspecified atom stereocenters. The molecule has 0 saturated heterocycles. The van der Waals surface area contributed by atoms with Gasteiger partial charge >= 0.3 is 204 Å². The summed E-state index contributed by atoms with van der Waals surface area (Å²) < 4.78 is 17.8. The van der Waals surface area contributed by atoms with Crippen molar-refractivity contribution in [1.29, 1.82) is 0 Å². The molecule has 0 aliphatic rings. The van der Waals surface area contributed by atoms with Crippen LogP contribution in [0.3, 0.4) is 0 Å². The van der Waals surface area contributed by atoms with E-state index in [1.165, 1.54) is 0 Å². The zero-order valence-corrected chi connectivity index (χ0v) is 6.18. The summed E-state index contributed by atoms with van der Waals surface area (Å²) in [6, 6.07) is 0. The molecule has 15 heavy (non-hydrogen) atoms. The van der Waals surface area contributed by atoms with Crippen LogP contribution >= 0.6 is 15.6 Å². The van der Waals surface area contributed by atoms with Crippen LogP contribution < -0.4 is 0 Å². The molecular weight excluding hydrogens is 390 g/mol. The summed E-state index contributed by atoms with van der Waals surface area (Å²) in [5.41, 5.74) is 0. The van der Waals surface area contributed by atoms with Crippen molar-refractivity contribution >= 4 is 204 Å². The minimum absolute atomic E-state index is 0. The Bertz CT molecular complexity index is 133. The van der Waals surface area contributed by atoms with Gasteiger partial charge in [0.15, 0.2) is 0 Å². The standard InChI is InChI=1S/5Ca.2H3O4P.10H/c;;;;;2*1-5(2,3)4;;;;;;;;;;/h;;;;;2*(H3,1,2,3,4);;;;;;;;;;. The van der Waals surface area contributed by atoms with Crippen LogP contribution in [0.15, 0.2) is 0 Å². The molecule has 0 aromatic carbocycles. The van der Waals surface area contributed by atoms with Crippen LogP contribution in [0.1, 0.15) is 0 Å². The average Bonchev–Trinajstić information content (AvgIpc) is 1.12. The molecule has 0 aromatic heterocycles. The van der Waals surface area contributed by atoms with E-state index in [-0.39, 0.29) is 189 Å². The summed E-state index contributed by atoms with van der Waals surface area (Å²) in [5, 5.41) is 0. The van der Waals surface area contributed by atoms with Gasteiger partial charge in [-0.25, -0.2) is 9.13 Å². The molecule has 0 saturated carbocycles. The first-order valence-electron chi connectivity index (χ1n) is 1.57. The van der Waals surface area contributed by atoms with Crippen molar-refractivity contribution in [2.45, 2.75) is 0 Å². The summed E-state index contributed by atoms with van der Waals surface area (Å²) >= 11 is 0. The molecule has 0 rings (SSSR count). The van der Waals surface area contributed by atoms with Gasteiger partial charge in [-0.1, -0.05) is 0 Å². The third-order valence-corrected chi connectivity index (χ3v) is 0. The van der Waals surface area contributed by atoms with E-state index in [1.54, 1.807) is 0 Å². The predicted octanol–water partition coefficient (Wildman–Crippen LogP) is -6.44. The normalized spacial score (nSPS) is 7.87. The van der Waals surface area contributed by atoms with E-state index in [1.807, 2.05) is 0 Å². The number of rotatable bonds is 0. The molecule has 0 amide bonds. The van der Waals surface area contributed by atoms with Gasteiger partial charge in [-0.15, -0.1) is 0 Å². The van der Waals surface area contributed by atoms with Gasteiger partial charge in [0.25, 0.3) is 0 Å². The quantitative estimate of drug-likeness (QED) is 0.171. The molecule has 15 heteroatoms. The molecule has 8 nitrogen and oxygen atoms in total. The maximum atomic E-state index is 8.88. The zero-order valence-electron chi connectivity index (χ0n) is 4.39. The molecule has 84 valence electrons. The van der Waals surface area contributed by atoms with Gasteiger partial charge in [0.2, 0.25) is 0 Å². The summed E-state index contributed by atoms with van der Waals surface area (Å²) in [6.07, 6.45) is 0. The van der Waals surface area contributed by atoms with Crippen molar-refractivity contribution in [2.75, 3.05) is 0 Å². The summed E-state index contributed by atoms with van der Waals surface area (Å²) in [7, 11) is -9.28. The Morgan fingerprint density at radius 2 is 0.467 bits per heavy atom. The Kier molecular flexibility index (Phi) is 65.3. The third-order valence-electron chi connectivity index (χ3n) is 0. The molecule has 0 aromatic rings. The van der Waals surface area contributed by atoms with E-state index in [0.29, 0.717) is 0 Å². The maximum absolute atomic E-state index is 8.88. The molecule has 0 aliphatic carbocycles. The van der Waals surface area contributed by atoms with Gasteiger partial charge in [-0.2, -0.15) is 0 Å². The predicted molar refractivity (Wildman–Crippen MR) is 71.2 cm³/mol. The topological polar surface area (TPSA) is 156 Å². The first-order valence-corrected chi connectivity index (χ1v) is 4.70. The monoisotopic (exact) mass is 406 g/mol. The van der Waals surface area contributed by atoms with Gasteiger partial charge in [-0.3, -0.25) is 0 Å². The van der Waals surface area contributed by atoms with Gasteiger partial charge in [0.1, 0.15) is 0 Å². The summed E-state index contributed by atoms with van der Waals surface area (Å²) in [4.78, 5) is 43.1. The summed E-state index contributed by atoms with van der Waals surface area (Å²) in [6.45, 7) is 0. The third kappa shape index (κ3) is 166. The molecule has 0 spiro atoms. The van der Waals surface area contributed by atoms with Crippen molar-refractivity contribution in [1.82, 2.24) is 0 Å². The second-order valence-electron chi connectivity index (χ2n) is 1.03. The second-order valence-corrected chi connectivity index (χ2v) is 3.08. The van der Waals surface area contributed by atoms with Crippen molar-refractivity contribution in [3.05, 3.63) is 0 Å². The van der Waals surface area contributed by atoms with E-state index < -0.39 is 15.6 Å². The van der Waals surface area contributed by atoms with E-state index in [9.17, 15) is 0 Å². The van der Waals surface area contributed by atoms with Crippen molar-refractivity contribution in [3.8, 4) is 0 Å². The Morgan fingerprint density at radius 3 is 0.467 bits per heavy atom. The fourth-order valence-corrected chi connectivity index (χ4v) is 0. The second kappa shape index (κ2) is 22.8. The minimum atomic E-state index is -4.64. The molecular formula is H16Ca5O8P2. The van der Waals surface area contributed by atoms with E-state index in [0.717, 1.165) is 0 Å². The van der Waals surface area contributed by atoms with Gasteiger partial charge in [0, 0.05) is 0 Å². The van der Waals surface area contributed by atoms with Crippen LogP contribution in [0.2, 0.25) is 0 Å². The Balaban J connectivity index is -0.0000000128. The molecule has 0 fully saturated rings. The first-order chi connectivity index (χ1) is 4.00. The summed E-state index contributed by atoms with van der Waals surface area (Å²) in [5.74, 6) is 0. The average molecular weight is 406 g/mol. The van der Waals surface area contributed by atoms with Crippen LogP contribution in [0, 0.1) is 0 Å². The Morgan fingerprint density at radius 1 is 0.467 bits per heavy atom. The van der Waals surface area contributed by atoms with Crippen LogP contribution in [-0.2, 0) is 9.13 Å². The van der Waals surface area contributed by atoms with Crippen molar-refractivity contribution in [2.24, 2.45) is 0 Å². The number of hydrogen-bond donors (Lipinski definition) is 6. The fraction of sp³-hybridized carbons (Fsp3) is 0. The van der Waals surface area contributed by atoms with Crippen LogP contribution in [0.5, 0.6) is 0 Å². The van der Waals surface area contributed by atoms with Gasteiger partial charge in [-0.05, 0) is 0 Å². The Labute approximate surface area is 236 Å². The molecule has 0 atom stereocenters. The van der Waals surface area contributed by atoms with Crippen LogP contribution in [-0.4, -0.2) is 218 Å². The first kappa shape index (κ1) is 43.0. The van der Waals surface area contributed by atoms with Crippen LogP contribution in [0.4, 0.5) is 0 Å². The van der Waals surface area contributed by atoms with E-state index >= 15 is 0 Å². The zero-order chi connectivity index (χ0) is 9.00. The molecule has 0 bridgehead atoms. The van der Waals surface area contributed by atoms with E-state index in [4.69, 9.17) is 38.5 Å². The number of hydrogen-bond acceptors (Lipinski definition) is 2. The van der Waals surface area contributed by atoms with Crippen molar-refractivity contribution in [3.63, 3.8) is 0 Å². The van der Waals surface area contributed by atoms with Gasteiger partial charge < -0.3 is 29.4 Å². The Hall–Kier alpha value is 6.52. The van der Waals surface area contributed by atoms with E-state index in [2.05, 4.69) is 0 Å².